The summed E-state index contributed by atoms with van der Waals surface area (Å²) in [4.78, 5) is 0. The highest BCUT2D eigenvalue weighted by atomic mass is 19.1. The van der Waals surface area contributed by atoms with Crippen LogP contribution in [0, 0.1) is 18.7 Å². The third-order valence-corrected chi connectivity index (χ3v) is 6.94. The van der Waals surface area contributed by atoms with Gasteiger partial charge in [-0.25, -0.2) is 9.07 Å². The summed E-state index contributed by atoms with van der Waals surface area (Å²) in [5.74, 6) is 0.990. The highest BCUT2D eigenvalue weighted by Crippen LogP contribution is 2.68. The van der Waals surface area contributed by atoms with E-state index in [1.807, 2.05) is 24.7 Å². The Morgan fingerprint density at radius 2 is 1.77 bits per heavy atom. The summed E-state index contributed by atoms with van der Waals surface area (Å²) in [6.45, 7) is 8.31. The van der Waals surface area contributed by atoms with Crippen molar-refractivity contribution in [3.63, 3.8) is 0 Å². The Hall–Kier alpha value is -2.98. The number of halogens is 1. The number of fused-ring (bicyclic) bond motifs is 2. The fraction of sp³-hybridized carbons (Fsp3) is 0.296. The number of nitrogens with one attached hydrogen (secondary N) is 1. The first kappa shape index (κ1) is 20.0. The number of benzene rings is 3. The minimum atomic E-state index is -0.233. The Morgan fingerprint density at radius 3 is 2.52 bits per heavy atom. The predicted octanol–water partition coefficient (Wildman–Crippen LogP) is 5.75. The molecule has 2 heterocycles. The van der Waals surface area contributed by atoms with Crippen molar-refractivity contribution in [1.82, 2.24) is 15.1 Å². The summed E-state index contributed by atoms with van der Waals surface area (Å²) < 4.78 is 15.2. The van der Waals surface area contributed by atoms with Crippen LogP contribution in [0.15, 0.2) is 72.9 Å². The minimum Gasteiger partial charge on any atom is -0.315 e. The molecule has 3 aromatic carbocycles. The monoisotopic (exact) mass is 413 g/mol. The molecule has 3 nitrogen and oxygen atoms in total. The van der Waals surface area contributed by atoms with Gasteiger partial charge in [-0.15, -0.1) is 0 Å². The first-order chi connectivity index (χ1) is 15.2. The second-order valence-corrected chi connectivity index (χ2v) is 8.42. The van der Waals surface area contributed by atoms with E-state index in [4.69, 9.17) is 0 Å². The normalized spacial score (nSPS) is 23.9. The van der Waals surface area contributed by atoms with Crippen LogP contribution in [0.5, 0.6) is 0 Å². The van der Waals surface area contributed by atoms with Crippen molar-refractivity contribution >= 4 is 10.9 Å². The fourth-order valence-corrected chi connectivity index (χ4v) is 5.61. The van der Waals surface area contributed by atoms with Crippen molar-refractivity contribution in [3.05, 3.63) is 95.4 Å². The third kappa shape index (κ3) is 3.01. The van der Waals surface area contributed by atoms with Gasteiger partial charge in [0.25, 0.3) is 0 Å². The SMILES string of the molecule is CC.Cc1cc2c(cnn2-c2ccc(F)cc2)cc1C12CNCC1C2c1ccccc1. The maximum atomic E-state index is 13.3. The lowest BCUT2D eigenvalue weighted by atomic mass is 9.87. The number of nitrogens with zero attached hydrogens (tertiary/aromatic N) is 2. The average Bonchev–Trinajstić information content (AvgIpc) is 3.08. The molecule has 4 heteroatoms. The molecule has 6 rings (SSSR count). The summed E-state index contributed by atoms with van der Waals surface area (Å²) >= 11 is 0. The largest absolute Gasteiger partial charge is 0.315 e. The first-order valence-corrected chi connectivity index (χ1v) is 11.2. The van der Waals surface area contributed by atoms with Crippen LogP contribution in [0.2, 0.25) is 0 Å². The highest BCUT2D eigenvalue weighted by molar-refractivity contribution is 5.83. The average molecular weight is 414 g/mol. The third-order valence-electron chi connectivity index (χ3n) is 6.94. The predicted molar refractivity (Wildman–Crippen MR) is 124 cm³/mol. The molecule has 3 unspecified atom stereocenters. The summed E-state index contributed by atoms with van der Waals surface area (Å²) in [7, 11) is 0. The van der Waals surface area contributed by atoms with E-state index in [0.29, 0.717) is 11.8 Å². The molecule has 3 atom stereocenters. The first-order valence-electron chi connectivity index (χ1n) is 11.2. The van der Waals surface area contributed by atoms with Crippen LogP contribution in [-0.2, 0) is 5.41 Å². The van der Waals surface area contributed by atoms with Crippen LogP contribution < -0.4 is 5.32 Å². The summed E-state index contributed by atoms with van der Waals surface area (Å²) in [6.07, 6.45) is 1.93. The molecule has 31 heavy (non-hydrogen) atoms. The molecule has 4 aromatic rings. The minimum absolute atomic E-state index is 0.178. The topological polar surface area (TPSA) is 29.9 Å². The quantitative estimate of drug-likeness (QED) is 0.463. The van der Waals surface area contributed by atoms with Crippen molar-refractivity contribution in [3.8, 4) is 5.69 Å². The molecule has 0 spiro atoms. The zero-order chi connectivity index (χ0) is 21.6. The standard InChI is InChI=1S/C25H22FN3.C2H6/c1-16-11-23-18(13-28-29(23)20-9-7-19(26)8-10-20)12-21(16)25-15-27-14-22(25)24(25)17-5-3-2-4-6-17;1-2/h2-13,22,24,27H,14-15H2,1H3;1-2H3. The molecular formula is C27H28FN3. The number of aryl methyl sites for hydroxylation is 1. The summed E-state index contributed by atoms with van der Waals surface area (Å²) in [5, 5.41) is 9.35. The number of hydrogen-bond donors (Lipinski definition) is 1. The van der Waals surface area contributed by atoms with Gasteiger partial charge in [-0.1, -0.05) is 44.2 Å². The molecule has 1 aliphatic heterocycles. The van der Waals surface area contributed by atoms with E-state index in [1.54, 1.807) is 12.1 Å². The molecule has 1 N–H and O–H groups in total. The lowest BCUT2D eigenvalue weighted by molar-refractivity contribution is 0.627. The zero-order valence-corrected chi connectivity index (χ0v) is 18.3. The molecule has 0 radical (unpaired) electrons. The van der Waals surface area contributed by atoms with Crippen molar-refractivity contribution in [2.75, 3.05) is 13.1 Å². The number of piperidine rings is 1. The van der Waals surface area contributed by atoms with Gasteiger partial charge in [-0.3, -0.25) is 0 Å². The van der Waals surface area contributed by atoms with Gasteiger partial charge in [0, 0.05) is 23.3 Å². The lowest BCUT2D eigenvalue weighted by Gasteiger charge is -2.19. The summed E-state index contributed by atoms with van der Waals surface area (Å²) in [5.41, 5.74) is 6.30. The second-order valence-electron chi connectivity index (χ2n) is 8.42. The van der Waals surface area contributed by atoms with Crippen LogP contribution in [-0.4, -0.2) is 22.9 Å². The van der Waals surface area contributed by atoms with Crippen LogP contribution >= 0.6 is 0 Å². The number of aromatic nitrogens is 2. The molecule has 1 saturated carbocycles. The van der Waals surface area contributed by atoms with E-state index < -0.39 is 0 Å². The molecule has 2 aliphatic rings. The van der Waals surface area contributed by atoms with E-state index in [2.05, 4.69) is 59.8 Å². The van der Waals surface area contributed by atoms with E-state index >= 15 is 0 Å². The van der Waals surface area contributed by atoms with Crippen LogP contribution in [0.3, 0.4) is 0 Å². The van der Waals surface area contributed by atoms with Crippen LogP contribution in [0.25, 0.3) is 16.6 Å². The van der Waals surface area contributed by atoms with Gasteiger partial charge in [0.1, 0.15) is 5.82 Å². The molecular weight excluding hydrogens is 385 g/mol. The molecule has 0 amide bonds. The fourth-order valence-electron chi connectivity index (χ4n) is 5.61. The van der Waals surface area contributed by atoms with Gasteiger partial charge in [0.15, 0.2) is 0 Å². The second kappa shape index (κ2) is 7.61. The molecule has 1 aliphatic carbocycles. The van der Waals surface area contributed by atoms with Crippen molar-refractivity contribution in [2.24, 2.45) is 5.92 Å². The maximum absolute atomic E-state index is 13.3. The van der Waals surface area contributed by atoms with Gasteiger partial charge < -0.3 is 5.32 Å². The number of rotatable bonds is 3. The van der Waals surface area contributed by atoms with E-state index in [0.717, 1.165) is 29.7 Å². The van der Waals surface area contributed by atoms with Gasteiger partial charge >= 0.3 is 0 Å². The molecule has 0 bridgehead atoms. The number of hydrogen-bond acceptors (Lipinski definition) is 2. The molecule has 2 fully saturated rings. The Morgan fingerprint density at radius 1 is 1.03 bits per heavy atom. The smallest absolute Gasteiger partial charge is 0.123 e. The van der Waals surface area contributed by atoms with Gasteiger partial charge in [-0.2, -0.15) is 5.10 Å². The van der Waals surface area contributed by atoms with E-state index in [-0.39, 0.29) is 11.2 Å². The van der Waals surface area contributed by atoms with Crippen LogP contribution in [0.1, 0.15) is 36.5 Å². The van der Waals surface area contributed by atoms with Crippen molar-refractivity contribution in [2.45, 2.75) is 32.1 Å². The highest BCUT2D eigenvalue weighted by Gasteiger charge is 2.68. The Balaban J connectivity index is 0.000000994. The molecule has 1 saturated heterocycles. The Kier molecular flexibility index (Phi) is 4.90. The zero-order valence-electron chi connectivity index (χ0n) is 18.3. The maximum Gasteiger partial charge on any atom is 0.123 e. The lowest BCUT2D eigenvalue weighted by Crippen LogP contribution is -2.23. The molecule has 1 aromatic heterocycles. The van der Waals surface area contributed by atoms with Gasteiger partial charge in [0.05, 0.1) is 17.4 Å². The van der Waals surface area contributed by atoms with E-state index in [9.17, 15) is 4.39 Å². The Bertz CT molecular complexity index is 1210. The Labute approximate surface area is 182 Å². The van der Waals surface area contributed by atoms with Gasteiger partial charge in [0.2, 0.25) is 0 Å². The van der Waals surface area contributed by atoms with Crippen molar-refractivity contribution < 1.29 is 4.39 Å². The summed E-state index contributed by atoms with van der Waals surface area (Å²) in [6, 6.07) is 22.0. The van der Waals surface area contributed by atoms with E-state index in [1.165, 1.54) is 28.8 Å². The van der Waals surface area contributed by atoms with Gasteiger partial charge in [-0.05, 0) is 72.5 Å². The van der Waals surface area contributed by atoms with Crippen molar-refractivity contribution in [1.29, 1.82) is 0 Å². The van der Waals surface area contributed by atoms with Crippen LogP contribution in [0.4, 0.5) is 4.39 Å². The molecule has 158 valence electrons.